The summed E-state index contributed by atoms with van der Waals surface area (Å²) in [5, 5.41) is 12.6. The molecule has 0 unspecified atom stereocenters. The Hall–Kier alpha value is -2.60. The van der Waals surface area contributed by atoms with E-state index in [0.717, 1.165) is 28.0 Å². The van der Waals surface area contributed by atoms with Crippen LogP contribution in [0.1, 0.15) is 5.56 Å². The lowest BCUT2D eigenvalue weighted by Gasteiger charge is -2.13. The van der Waals surface area contributed by atoms with Gasteiger partial charge in [-0.1, -0.05) is 40.5 Å². The maximum atomic E-state index is 6.09. The SMILES string of the molecule is CNCc1cc(-n2nnc3ccccc32)ccc1Oc1ccc(Cl)c(Cl)c1. The van der Waals surface area contributed by atoms with E-state index in [0.29, 0.717) is 22.3 Å². The molecule has 27 heavy (non-hydrogen) atoms. The van der Waals surface area contributed by atoms with Crippen molar-refractivity contribution in [3.8, 4) is 17.2 Å². The first-order valence-corrected chi connectivity index (χ1v) is 9.12. The molecule has 0 amide bonds. The van der Waals surface area contributed by atoms with Crippen molar-refractivity contribution in [1.82, 2.24) is 20.3 Å². The van der Waals surface area contributed by atoms with Gasteiger partial charge in [-0.25, -0.2) is 4.68 Å². The topological polar surface area (TPSA) is 52.0 Å². The highest BCUT2D eigenvalue weighted by molar-refractivity contribution is 6.42. The summed E-state index contributed by atoms with van der Waals surface area (Å²) in [4.78, 5) is 0. The van der Waals surface area contributed by atoms with Crippen LogP contribution in [0.4, 0.5) is 0 Å². The Balaban J connectivity index is 1.72. The first kappa shape index (κ1) is 17.8. The van der Waals surface area contributed by atoms with Gasteiger partial charge in [0.15, 0.2) is 0 Å². The molecule has 4 rings (SSSR count). The Morgan fingerprint density at radius 2 is 1.85 bits per heavy atom. The Morgan fingerprint density at radius 3 is 2.67 bits per heavy atom. The first-order valence-electron chi connectivity index (χ1n) is 8.37. The van der Waals surface area contributed by atoms with Crippen LogP contribution in [0.3, 0.4) is 0 Å². The van der Waals surface area contributed by atoms with Crippen LogP contribution in [0.15, 0.2) is 60.7 Å². The first-order chi connectivity index (χ1) is 13.2. The third-order valence-electron chi connectivity index (χ3n) is 4.13. The van der Waals surface area contributed by atoms with Crippen molar-refractivity contribution in [2.45, 2.75) is 6.54 Å². The highest BCUT2D eigenvalue weighted by Crippen LogP contribution is 2.32. The van der Waals surface area contributed by atoms with E-state index < -0.39 is 0 Å². The zero-order valence-corrected chi connectivity index (χ0v) is 16.0. The van der Waals surface area contributed by atoms with Gasteiger partial charge in [0.1, 0.15) is 17.0 Å². The number of halogens is 2. The summed E-state index contributed by atoms with van der Waals surface area (Å²) in [5.74, 6) is 1.36. The molecule has 0 saturated heterocycles. The maximum Gasteiger partial charge on any atom is 0.132 e. The predicted octanol–water partition coefficient (Wildman–Crippen LogP) is 5.24. The average molecular weight is 399 g/mol. The molecule has 0 aliphatic rings. The Morgan fingerprint density at radius 1 is 1.00 bits per heavy atom. The molecule has 0 aliphatic carbocycles. The van der Waals surface area contributed by atoms with Gasteiger partial charge in [-0.15, -0.1) is 5.10 Å². The fourth-order valence-corrected chi connectivity index (χ4v) is 3.14. The number of ether oxygens (including phenoxy) is 1. The highest BCUT2D eigenvalue weighted by Gasteiger charge is 2.11. The van der Waals surface area contributed by atoms with Crippen LogP contribution in [0.5, 0.6) is 11.5 Å². The number of benzene rings is 3. The number of hydrogen-bond acceptors (Lipinski definition) is 4. The largest absolute Gasteiger partial charge is 0.457 e. The minimum atomic E-state index is 0.454. The molecular formula is C20H16Cl2N4O. The number of nitrogens with zero attached hydrogens (tertiary/aromatic N) is 3. The van der Waals surface area contributed by atoms with Gasteiger partial charge in [-0.05, 0) is 49.5 Å². The molecule has 1 N–H and O–H groups in total. The number of fused-ring (bicyclic) bond motifs is 1. The van der Waals surface area contributed by atoms with E-state index in [9.17, 15) is 0 Å². The number of rotatable bonds is 5. The Bertz CT molecular complexity index is 1110. The van der Waals surface area contributed by atoms with Crippen LogP contribution in [0, 0.1) is 0 Å². The molecule has 5 nitrogen and oxygen atoms in total. The molecule has 0 spiro atoms. The third kappa shape index (κ3) is 3.62. The third-order valence-corrected chi connectivity index (χ3v) is 4.87. The highest BCUT2D eigenvalue weighted by atomic mass is 35.5. The van der Waals surface area contributed by atoms with Crippen LogP contribution in [0.2, 0.25) is 10.0 Å². The van der Waals surface area contributed by atoms with Gasteiger partial charge < -0.3 is 10.1 Å². The van der Waals surface area contributed by atoms with Gasteiger partial charge in [-0.2, -0.15) is 0 Å². The quantitative estimate of drug-likeness (QED) is 0.499. The van der Waals surface area contributed by atoms with Gasteiger partial charge in [-0.3, -0.25) is 0 Å². The van der Waals surface area contributed by atoms with Crippen molar-refractivity contribution in [2.24, 2.45) is 0 Å². The van der Waals surface area contributed by atoms with E-state index >= 15 is 0 Å². The van der Waals surface area contributed by atoms with Crippen molar-refractivity contribution in [2.75, 3.05) is 7.05 Å². The molecule has 0 atom stereocenters. The van der Waals surface area contributed by atoms with Crippen LogP contribution in [0.25, 0.3) is 16.7 Å². The molecule has 136 valence electrons. The fourth-order valence-electron chi connectivity index (χ4n) is 2.85. The molecule has 3 aromatic carbocycles. The van der Waals surface area contributed by atoms with Gasteiger partial charge in [0.25, 0.3) is 0 Å². The monoisotopic (exact) mass is 398 g/mol. The van der Waals surface area contributed by atoms with Crippen molar-refractivity contribution >= 4 is 34.2 Å². The van der Waals surface area contributed by atoms with Gasteiger partial charge in [0.05, 0.1) is 21.2 Å². The summed E-state index contributed by atoms with van der Waals surface area (Å²) in [6, 6.07) is 19.0. The minimum Gasteiger partial charge on any atom is -0.457 e. The van der Waals surface area contributed by atoms with E-state index in [2.05, 4.69) is 15.6 Å². The number of aromatic nitrogens is 3. The summed E-state index contributed by atoms with van der Waals surface area (Å²) >= 11 is 12.1. The number of hydrogen-bond donors (Lipinski definition) is 1. The lowest BCUT2D eigenvalue weighted by Crippen LogP contribution is -2.08. The normalized spacial score (nSPS) is 11.1. The van der Waals surface area contributed by atoms with E-state index in [4.69, 9.17) is 27.9 Å². The number of para-hydroxylation sites is 1. The maximum absolute atomic E-state index is 6.09. The predicted molar refractivity (Wildman–Crippen MR) is 108 cm³/mol. The molecule has 1 aromatic heterocycles. The summed E-state index contributed by atoms with van der Waals surface area (Å²) in [5.41, 5.74) is 3.70. The molecule has 1 heterocycles. The molecule has 0 fully saturated rings. The molecule has 0 radical (unpaired) electrons. The van der Waals surface area contributed by atoms with Crippen molar-refractivity contribution in [3.63, 3.8) is 0 Å². The molecule has 0 saturated carbocycles. The van der Waals surface area contributed by atoms with E-state index in [1.165, 1.54) is 0 Å². The van der Waals surface area contributed by atoms with Crippen molar-refractivity contribution < 1.29 is 4.74 Å². The second-order valence-electron chi connectivity index (χ2n) is 5.99. The zero-order valence-electron chi connectivity index (χ0n) is 14.5. The minimum absolute atomic E-state index is 0.454. The molecule has 7 heteroatoms. The van der Waals surface area contributed by atoms with Crippen molar-refractivity contribution in [1.29, 1.82) is 0 Å². The van der Waals surface area contributed by atoms with Gasteiger partial charge in [0.2, 0.25) is 0 Å². The average Bonchev–Trinajstić information content (AvgIpc) is 3.10. The smallest absolute Gasteiger partial charge is 0.132 e. The Kier molecular flexibility index (Phi) is 4.99. The molecule has 0 bridgehead atoms. The summed E-state index contributed by atoms with van der Waals surface area (Å²) < 4.78 is 7.85. The Labute approximate surface area is 166 Å². The van der Waals surface area contributed by atoms with Crippen LogP contribution in [-0.4, -0.2) is 22.0 Å². The lowest BCUT2D eigenvalue weighted by atomic mass is 10.1. The summed E-state index contributed by atoms with van der Waals surface area (Å²) in [6.45, 7) is 0.636. The second kappa shape index (κ2) is 7.56. The standard InChI is InChI=1S/C20H16Cl2N4O/c1-23-12-13-10-14(26-19-5-3-2-4-18(19)24-25-26)6-9-20(13)27-15-7-8-16(21)17(22)11-15/h2-11,23H,12H2,1H3. The van der Waals surface area contributed by atoms with Crippen LogP contribution in [-0.2, 0) is 6.54 Å². The van der Waals surface area contributed by atoms with Gasteiger partial charge >= 0.3 is 0 Å². The van der Waals surface area contributed by atoms with Crippen LogP contribution >= 0.6 is 23.2 Å². The second-order valence-corrected chi connectivity index (χ2v) is 6.80. The lowest BCUT2D eigenvalue weighted by molar-refractivity contribution is 0.474. The molecule has 0 aliphatic heterocycles. The number of nitrogens with one attached hydrogen (secondary N) is 1. The van der Waals surface area contributed by atoms with Gasteiger partial charge in [0, 0.05) is 18.2 Å². The van der Waals surface area contributed by atoms with E-state index in [-0.39, 0.29) is 0 Å². The van der Waals surface area contributed by atoms with E-state index in [1.54, 1.807) is 18.2 Å². The molecule has 4 aromatic rings. The van der Waals surface area contributed by atoms with E-state index in [1.807, 2.05) is 54.2 Å². The summed E-state index contributed by atoms with van der Waals surface area (Å²) in [6.07, 6.45) is 0. The fraction of sp³-hybridized carbons (Fsp3) is 0.100. The van der Waals surface area contributed by atoms with Crippen molar-refractivity contribution in [3.05, 3.63) is 76.3 Å². The van der Waals surface area contributed by atoms with Crippen LogP contribution < -0.4 is 10.1 Å². The summed E-state index contributed by atoms with van der Waals surface area (Å²) in [7, 11) is 1.89. The zero-order chi connectivity index (χ0) is 18.8. The molecular weight excluding hydrogens is 383 g/mol.